The van der Waals surface area contributed by atoms with E-state index in [0.717, 1.165) is 10.7 Å². The Balaban J connectivity index is 1.68. The molecule has 0 bridgehead atoms. The molecule has 0 fully saturated rings. The van der Waals surface area contributed by atoms with Gasteiger partial charge in [0, 0.05) is 17.8 Å². The highest BCUT2D eigenvalue weighted by atomic mass is 32.1. The highest BCUT2D eigenvalue weighted by Crippen LogP contribution is 2.11. The molecular formula is C11H9N3O2S. The molecule has 17 heavy (non-hydrogen) atoms. The topological polar surface area (TPSA) is 59.5 Å². The van der Waals surface area contributed by atoms with Crippen molar-refractivity contribution in [3.63, 3.8) is 0 Å². The van der Waals surface area contributed by atoms with Crippen LogP contribution in [0.25, 0.3) is 4.96 Å². The lowest BCUT2D eigenvalue weighted by molar-refractivity contribution is 0.0950. The third-order valence-corrected chi connectivity index (χ3v) is 3.13. The highest BCUT2D eigenvalue weighted by Gasteiger charge is 2.08. The van der Waals surface area contributed by atoms with E-state index in [9.17, 15) is 4.79 Å². The molecule has 0 saturated carbocycles. The van der Waals surface area contributed by atoms with Crippen LogP contribution < -0.4 is 5.32 Å². The van der Waals surface area contributed by atoms with E-state index in [1.165, 1.54) is 12.5 Å². The molecule has 6 heteroatoms. The van der Waals surface area contributed by atoms with Gasteiger partial charge in [0.15, 0.2) is 4.96 Å². The maximum atomic E-state index is 11.6. The summed E-state index contributed by atoms with van der Waals surface area (Å²) in [5, 5.41) is 4.75. The second-order valence-electron chi connectivity index (χ2n) is 3.52. The number of carbonyl (C=O) groups is 1. The quantitative estimate of drug-likeness (QED) is 0.769. The van der Waals surface area contributed by atoms with Crippen LogP contribution in [0.15, 0.2) is 40.8 Å². The average Bonchev–Trinajstić information content (AvgIpc) is 3.01. The number of fused-ring (bicyclic) bond motifs is 1. The van der Waals surface area contributed by atoms with Gasteiger partial charge in [-0.05, 0) is 6.07 Å². The lowest BCUT2D eigenvalue weighted by atomic mass is 10.3. The second kappa shape index (κ2) is 4.06. The Hall–Kier alpha value is -2.08. The summed E-state index contributed by atoms with van der Waals surface area (Å²) in [7, 11) is 0. The monoisotopic (exact) mass is 247 g/mol. The molecule has 0 unspecified atom stereocenters. The van der Waals surface area contributed by atoms with Crippen molar-refractivity contribution in [1.29, 1.82) is 0 Å². The number of nitrogens with zero attached hydrogens (tertiary/aromatic N) is 2. The molecule has 0 aliphatic carbocycles. The number of hydrogen-bond acceptors (Lipinski definition) is 4. The smallest absolute Gasteiger partial charge is 0.254 e. The van der Waals surface area contributed by atoms with Crippen LogP contribution in [0.2, 0.25) is 0 Å². The Kier molecular flexibility index (Phi) is 2.41. The minimum atomic E-state index is -0.157. The summed E-state index contributed by atoms with van der Waals surface area (Å²) in [5.74, 6) is -0.157. The summed E-state index contributed by atoms with van der Waals surface area (Å²) >= 11 is 1.56. The van der Waals surface area contributed by atoms with E-state index in [4.69, 9.17) is 4.42 Å². The molecule has 0 aliphatic heterocycles. The summed E-state index contributed by atoms with van der Waals surface area (Å²) in [4.78, 5) is 16.9. The van der Waals surface area contributed by atoms with Crippen LogP contribution in [-0.4, -0.2) is 15.3 Å². The fourth-order valence-corrected chi connectivity index (χ4v) is 2.25. The standard InChI is InChI=1S/C11H9N3O2S/c15-10(8-1-3-16-7-8)12-5-9-6-14-2-4-17-11(14)13-9/h1-4,6-7H,5H2,(H,12,15). The molecule has 0 radical (unpaired) electrons. The van der Waals surface area contributed by atoms with Crippen molar-refractivity contribution in [2.24, 2.45) is 0 Å². The van der Waals surface area contributed by atoms with Crippen LogP contribution in [-0.2, 0) is 6.54 Å². The summed E-state index contributed by atoms with van der Waals surface area (Å²) in [5.41, 5.74) is 1.36. The Bertz CT molecular complexity index is 610. The van der Waals surface area contributed by atoms with Crippen LogP contribution in [0.1, 0.15) is 16.1 Å². The van der Waals surface area contributed by atoms with Crippen molar-refractivity contribution < 1.29 is 9.21 Å². The second-order valence-corrected chi connectivity index (χ2v) is 4.39. The lowest BCUT2D eigenvalue weighted by Gasteiger charge is -1.99. The fraction of sp³-hybridized carbons (Fsp3) is 0.0909. The van der Waals surface area contributed by atoms with Gasteiger partial charge in [-0.1, -0.05) is 0 Å². The highest BCUT2D eigenvalue weighted by molar-refractivity contribution is 7.15. The molecule has 0 aliphatic rings. The maximum Gasteiger partial charge on any atom is 0.254 e. The molecule has 3 rings (SSSR count). The van der Waals surface area contributed by atoms with E-state index in [0.29, 0.717) is 12.1 Å². The molecule has 3 aromatic rings. The van der Waals surface area contributed by atoms with E-state index in [2.05, 4.69) is 10.3 Å². The SMILES string of the molecule is O=C(NCc1cn2ccsc2n1)c1ccoc1. The molecule has 0 spiro atoms. The third kappa shape index (κ3) is 1.94. The van der Waals surface area contributed by atoms with E-state index in [1.807, 2.05) is 22.2 Å². The number of rotatable bonds is 3. The Morgan fingerprint density at radius 3 is 3.29 bits per heavy atom. The zero-order valence-corrected chi connectivity index (χ0v) is 9.61. The minimum Gasteiger partial charge on any atom is -0.472 e. The van der Waals surface area contributed by atoms with Crippen LogP contribution in [0.3, 0.4) is 0 Å². The van der Waals surface area contributed by atoms with Crippen molar-refractivity contribution in [2.75, 3.05) is 0 Å². The first-order valence-corrected chi connectivity index (χ1v) is 5.92. The fourth-order valence-electron chi connectivity index (χ4n) is 1.53. The van der Waals surface area contributed by atoms with Crippen molar-refractivity contribution in [3.05, 3.63) is 47.6 Å². The zero-order valence-electron chi connectivity index (χ0n) is 8.79. The lowest BCUT2D eigenvalue weighted by Crippen LogP contribution is -2.22. The average molecular weight is 247 g/mol. The van der Waals surface area contributed by atoms with Gasteiger partial charge in [0.2, 0.25) is 0 Å². The number of thiazole rings is 1. The molecule has 0 saturated heterocycles. The number of nitrogens with one attached hydrogen (secondary N) is 1. The molecule has 3 aromatic heterocycles. The number of carbonyl (C=O) groups excluding carboxylic acids is 1. The minimum absolute atomic E-state index is 0.157. The summed E-state index contributed by atoms with van der Waals surface area (Å²) in [6.07, 6.45) is 6.73. The van der Waals surface area contributed by atoms with Gasteiger partial charge in [-0.25, -0.2) is 4.98 Å². The molecule has 1 N–H and O–H groups in total. The van der Waals surface area contributed by atoms with E-state index >= 15 is 0 Å². The molecule has 0 aromatic carbocycles. The Labute approximate surface area is 101 Å². The first-order valence-electron chi connectivity index (χ1n) is 5.04. The largest absolute Gasteiger partial charge is 0.472 e. The first-order chi connectivity index (χ1) is 8.33. The predicted octanol–water partition coefficient (Wildman–Crippen LogP) is 1.92. The number of imidazole rings is 1. The normalized spacial score (nSPS) is 10.8. The van der Waals surface area contributed by atoms with E-state index in [-0.39, 0.29) is 5.91 Å². The predicted molar refractivity (Wildman–Crippen MR) is 62.9 cm³/mol. The summed E-state index contributed by atoms with van der Waals surface area (Å²) < 4.78 is 6.78. The van der Waals surface area contributed by atoms with Crippen molar-refractivity contribution in [1.82, 2.24) is 14.7 Å². The molecule has 3 heterocycles. The van der Waals surface area contributed by atoms with Gasteiger partial charge in [0.05, 0.1) is 24.1 Å². The van der Waals surface area contributed by atoms with Crippen LogP contribution in [0, 0.1) is 0 Å². The number of amides is 1. The van der Waals surface area contributed by atoms with Gasteiger partial charge in [-0.2, -0.15) is 0 Å². The van der Waals surface area contributed by atoms with Crippen molar-refractivity contribution in [2.45, 2.75) is 6.54 Å². The third-order valence-electron chi connectivity index (χ3n) is 2.36. The molecular weight excluding hydrogens is 238 g/mol. The molecule has 1 amide bonds. The summed E-state index contributed by atoms with van der Waals surface area (Å²) in [6.45, 7) is 0.415. The molecule has 86 valence electrons. The van der Waals surface area contributed by atoms with Crippen LogP contribution >= 0.6 is 11.3 Å². The maximum absolute atomic E-state index is 11.6. The van der Waals surface area contributed by atoms with Gasteiger partial charge < -0.3 is 9.73 Å². The molecule has 0 atom stereocenters. The number of aromatic nitrogens is 2. The van der Waals surface area contributed by atoms with Gasteiger partial charge >= 0.3 is 0 Å². The number of furan rings is 1. The van der Waals surface area contributed by atoms with Crippen LogP contribution in [0.4, 0.5) is 0 Å². The van der Waals surface area contributed by atoms with Crippen molar-refractivity contribution in [3.8, 4) is 0 Å². The van der Waals surface area contributed by atoms with Crippen molar-refractivity contribution >= 4 is 22.2 Å². The van der Waals surface area contributed by atoms with E-state index < -0.39 is 0 Å². The van der Waals surface area contributed by atoms with Gasteiger partial charge in [-0.15, -0.1) is 11.3 Å². The Morgan fingerprint density at radius 1 is 1.59 bits per heavy atom. The summed E-state index contributed by atoms with van der Waals surface area (Å²) in [6, 6.07) is 1.63. The van der Waals surface area contributed by atoms with Gasteiger partial charge in [-0.3, -0.25) is 9.20 Å². The first kappa shape index (κ1) is 10.1. The zero-order chi connectivity index (χ0) is 11.7. The number of hydrogen-bond donors (Lipinski definition) is 1. The van der Waals surface area contributed by atoms with Gasteiger partial charge in [0.25, 0.3) is 5.91 Å². The van der Waals surface area contributed by atoms with Crippen LogP contribution in [0.5, 0.6) is 0 Å². The molecule has 5 nitrogen and oxygen atoms in total. The van der Waals surface area contributed by atoms with E-state index in [1.54, 1.807) is 17.4 Å². The van der Waals surface area contributed by atoms with Gasteiger partial charge in [0.1, 0.15) is 6.26 Å². The Morgan fingerprint density at radius 2 is 2.53 bits per heavy atom.